The van der Waals surface area contributed by atoms with Gasteiger partial charge in [-0.2, -0.15) is 0 Å². The van der Waals surface area contributed by atoms with Crippen LogP contribution in [0, 0.1) is 0 Å². The topological polar surface area (TPSA) is 26.0 Å². The lowest BCUT2D eigenvalue weighted by atomic mass is 9.97. The van der Waals surface area contributed by atoms with E-state index < -0.39 is 0 Å². The first-order chi connectivity index (χ1) is 7.85. The summed E-state index contributed by atoms with van der Waals surface area (Å²) in [6.45, 7) is 2.79. The van der Waals surface area contributed by atoms with Crippen LogP contribution in [0.5, 0.6) is 0 Å². The Bertz CT molecular complexity index is 474. The standard InChI is InChI=1S/C15H17N/c1-2-13-7-3-4-9-15(13)14-8-5-6-12(10-14)11-16/h3-10H,2,11,16H2,1H3. The number of hydrogen-bond donors (Lipinski definition) is 1. The quantitative estimate of drug-likeness (QED) is 0.827. The normalized spacial score (nSPS) is 10.4. The number of aryl methyl sites for hydroxylation is 1. The molecule has 16 heavy (non-hydrogen) atoms. The Morgan fingerprint density at radius 3 is 2.56 bits per heavy atom. The Balaban J connectivity index is 2.49. The molecule has 0 aromatic heterocycles. The summed E-state index contributed by atoms with van der Waals surface area (Å²) in [6, 6.07) is 17.0. The Kier molecular flexibility index (Phi) is 3.37. The molecule has 0 amide bonds. The van der Waals surface area contributed by atoms with Crippen LogP contribution in [-0.4, -0.2) is 0 Å². The summed E-state index contributed by atoms with van der Waals surface area (Å²) in [6.07, 6.45) is 1.06. The molecule has 1 heteroatoms. The third kappa shape index (κ3) is 2.15. The fourth-order valence-corrected chi connectivity index (χ4v) is 1.98. The lowest BCUT2D eigenvalue weighted by molar-refractivity contribution is 1.07. The average molecular weight is 211 g/mol. The molecule has 0 aliphatic rings. The third-order valence-electron chi connectivity index (χ3n) is 2.87. The van der Waals surface area contributed by atoms with Gasteiger partial charge in [0.25, 0.3) is 0 Å². The molecule has 0 spiro atoms. The van der Waals surface area contributed by atoms with Crippen molar-refractivity contribution in [3.63, 3.8) is 0 Å². The van der Waals surface area contributed by atoms with Crippen molar-refractivity contribution < 1.29 is 0 Å². The van der Waals surface area contributed by atoms with Crippen LogP contribution < -0.4 is 5.73 Å². The van der Waals surface area contributed by atoms with Crippen LogP contribution in [-0.2, 0) is 13.0 Å². The van der Waals surface area contributed by atoms with E-state index in [1.54, 1.807) is 0 Å². The van der Waals surface area contributed by atoms with Crippen LogP contribution in [0.4, 0.5) is 0 Å². The predicted molar refractivity (Wildman–Crippen MR) is 69.1 cm³/mol. The summed E-state index contributed by atoms with van der Waals surface area (Å²) >= 11 is 0. The molecule has 0 heterocycles. The van der Waals surface area contributed by atoms with Crippen molar-refractivity contribution in [1.29, 1.82) is 0 Å². The van der Waals surface area contributed by atoms with E-state index in [-0.39, 0.29) is 0 Å². The van der Waals surface area contributed by atoms with Gasteiger partial charge >= 0.3 is 0 Å². The average Bonchev–Trinajstić information content (AvgIpc) is 2.38. The summed E-state index contributed by atoms with van der Waals surface area (Å²) in [5.74, 6) is 0. The van der Waals surface area contributed by atoms with E-state index in [2.05, 4.69) is 55.5 Å². The molecule has 0 saturated carbocycles. The molecule has 0 fully saturated rings. The first kappa shape index (κ1) is 10.9. The van der Waals surface area contributed by atoms with Gasteiger partial charge in [-0.25, -0.2) is 0 Å². The number of benzene rings is 2. The number of rotatable bonds is 3. The molecule has 82 valence electrons. The summed E-state index contributed by atoms with van der Waals surface area (Å²) in [5, 5.41) is 0. The first-order valence-corrected chi connectivity index (χ1v) is 5.72. The molecular formula is C15H17N. The molecule has 2 aromatic carbocycles. The van der Waals surface area contributed by atoms with E-state index in [1.165, 1.54) is 22.3 Å². The minimum absolute atomic E-state index is 0.599. The monoisotopic (exact) mass is 211 g/mol. The largest absolute Gasteiger partial charge is 0.326 e. The molecule has 1 nitrogen and oxygen atoms in total. The van der Waals surface area contributed by atoms with E-state index in [9.17, 15) is 0 Å². The zero-order chi connectivity index (χ0) is 11.4. The van der Waals surface area contributed by atoms with E-state index >= 15 is 0 Å². The van der Waals surface area contributed by atoms with Crippen molar-refractivity contribution in [3.05, 3.63) is 59.7 Å². The SMILES string of the molecule is CCc1ccccc1-c1cccc(CN)c1. The van der Waals surface area contributed by atoms with Crippen molar-refractivity contribution in [1.82, 2.24) is 0 Å². The molecule has 2 rings (SSSR count). The Morgan fingerprint density at radius 2 is 1.81 bits per heavy atom. The van der Waals surface area contributed by atoms with Gasteiger partial charge in [-0.15, -0.1) is 0 Å². The summed E-state index contributed by atoms with van der Waals surface area (Å²) in [5.41, 5.74) is 10.8. The summed E-state index contributed by atoms with van der Waals surface area (Å²) < 4.78 is 0. The lowest BCUT2D eigenvalue weighted by Gasteiger charge is -2.08. The maximum absolute atomic E-state index is 5.67. The Labute approximate surface area is 96.9 Å². The van der Waals surface area contributed by atoms with Crippen LogP contribution >= 0.6 is 0 Å². The van der Waals surface area contributed by atoms with Gasteiger partial charge in [0.15, 0.2) is 0 Å². The van der Waals surface area contributed by atoms with E-state index in [1.807, 2.05) is 0 Å². The molecule has 0 radical (unpaired) electrons. The molecule has 0 aliphatic heterocycles. The van der Waals surface area contributed by atoms with Crippen LogP contribution in [0.15, 0.2) is 48.5 Å². The highest BCUT2D eigenvalue weighted by molar-refractivity contribution is 5.67. The van der Waals surface area contributed by atoms with Gasteiger partial charge in [0.05, 0.1) is 0 Å². The third-order valence-corrected chi connectivity index (χ3v) is 2.87. The van der Waals surface area contributed by atoms with E-state index in [4.69, 9.17) is 5.73 Å². The van der Waals surface area contributed by atoms with Gasteiger partial charge in [-0.1, -0.05) is 49.4 Å². The molecule has 0 saturated heterocycles. The van der Waals surface area contributed by atoms with Crippen molar-refractivity contribution in [2.75, 3.05) is 0 Å². The maximum Gasteiger partial charge on any atom is 0.0178 e. The van der Waals surface area contributed by atoms with Gasteiger partial charge in [-0.05, 0) is 34.7 Å². The highest BCUT2D eigenvalue weighted by atomic mass is 14.5. The Morgan fingerprint density at radius 1 is 1.00 bits per heavy atom. The summed E-state index contributed by atoms with van der Waals surface area (Å²) in [4.78, 5) is 0. The second-order valence-electron chi connectivity index (χ2n) is 3.92. The van der Waals surface area contributed by atoms with Crippen molar-refractivity contribution in [3.8, 4) is 11.1 Å². The minimum atomic E-state index is 0.599. The van der Waals surface area contributed by atoms with Gasteiger partial charge in [-0.3, -0.25) is 0 Å². The number of nitrogens with two attached hydrogens (primary N) is 1. The van der Waals surface area contributed by atoms with Gasteiger partial charge in [0, 0.05) is 6.54 Å². The van der Waals surface area contributed by atoms with Crippen molar-refractivity contribution >= 4 is 0 Å². The van der Waals surface area contributed by atoms with Crippen LogP contribution in [0.2, 0.25) is 0 Å². The van der Waals surface area contributed by atoms with Crippen LogP contribution in [0.25, 0.3) is 11.1 Å². The molecule has 2 aromatic rings. The van der Waals surface area contributed by atoms with Crippen molar-refractivity contribution in [2.24, 2.45) is 5.73 Å². The molecule has 0 unspecified atom stereocenters. The molecule has 0 bridgehead atoms. The maximum atomic E-state index is 5.67. The van der Waals surface area contributed by atoms with E-state index in [0.29, 0.717) is 6.54 Å². The van der Waals surface area contributed by atoms with E-state index in [0.717, 1.165) is 6.42 Å². The molecular weight excluding hydrogens is 194 g/mol. The minimum Gasteiger partial charge on any atom is -0.326 e. The molecule has 0 atom stereocenters. The fourth-order valence-electron chi connectivity index (χ4n) is 1.98. The Hall–Kier alpha value is -1.60. The number of hydrogen-bond acceptors (Lipinski definition) is 1. The van der Waals surface area contributed by atoms with Crippen molar-refractivity contribution in [2.45, 2.75) is 19.9 Å². The lowest BCUT2D eigenvalue weighted by Crippen LogP contribution is -1.96. The first-order valence-electron chi connectivity index (χ1n) is 5.72. The van der Waals surface area contributed by atoms with Crippen LogP contribution in [0.3, 0.4) is 0 Å². The summed E-state index contributed by atoms with van der Waals surface area (Å²) in [7, 11) is 0. The zero-order valence-electron chi connectivity index (χ0n) is 9.61. The second-order valence-corrected chi connectivity index (χ2v) is 3.92. The smallest absolute Gasteiger partial charge is 0.0178 e. The molecule has 0 aliphatic carbocycles. The highest BCUT2D eigenvalue weighted by Gasteiger charge is 2.02. The fraction of sp³-hybridized carbons (Fsp3) is 0.200. The van der Waals surface area contributed by atoms with Gasteiger partial charge in [0.1, 0.15) is 0 Å². The molecule has 2 N–H and O–H groups in total. The highest BCUT2D eigenvalue weighted by Crippen LogP contribution is 2.24. The van der Waals surface area contributed by atoms with Gasteiger partial charge < -0.3 is 5.73 Å². The van der Waals surface area contributed by atoms with Crippen LogP contribution in [0.1, 0.15) is 18.1 Å². The predicted octanol–water partition coefficient (Wildman–Crippen LogP) is 3.37. The zero-order valence-corrected chi connectivity index (χ0v) is 9.61. The second kappa shape index (κ2) is 4.95. The van der Waals surface area contributed by atoms with Gasteiger partial charge in [0.2, 0.25) is 0 Å².